The first-order chi connectivity index (χ1) is 15.1. The number of methoxy groups -OCH3 is 1. The van der Waals surface area contributed by atoms with Crippen LogP contribution >= 0.6 is 23.7 Å². The lowest BCUT2D eigenvalue weighted by molar-refractivity contribution is -0.120. The largest absolute Gasteiger partial charge is 0.497 e. The number of benzene rings is 2. The maximum absolute atomic E-state index is 13.2. The highest BCUT2D eigenvalue weighted by Crippen LogP contribution is 2.31. The maximum Gasteiger partial charge on any atom is 0.266 e. The number of fused-ring (bicyclic) bond motifs is 1. The average molecular weight is 478 g/mol. The van der Waals surface area contributed by atoms with E-state index < -0.39 is 0 Å². The maximum atomic E-state index is 13.2. The highest BCUT2D eigenvalue weighted by Gasteiger charge is 2.22. The number of carbonyl (C=O) groups excluding carboxylic acids is 1. The summed E-state index contributed by atoms with van der Waals surface area (Å²) in [6.45, 7) is 6.45. The molecule has 4 rings (SSSR count). The molecule has 0 saturated carbocycles. The van der Waals surface area contributed by atoms with Gasteiger partial charge in [0.25, 0.3) is 5.91 Å². The van der Waals surface area contributed by atoms with Gasteiger partial charge in [0.05, 0.1) is 30.5 Å². The zero-order valence-corrected chi connectivity index (χ0v) is 19.9. The van der Waals surface area contributed by atoms with Gasteiger partial charge in [-0.25, -0.2) is 4.98 Å². The summed E-state index contributed by atoms with van der Waals surface area (Å²) in [6, 6.07) is 13.5. The standard InChI is InChI=1S/C23H27N3O4S.ClH/c1-17-5-3-4-6-20(17)30-16-22(27)26(10-9-25-11-13-29-14-12-25)23-24-19-15-18(28-2)7-8-21(19)31-23;/h3-8,15H,9-14,16H2,1-2H3;1H. The number of aromatic nitrogens is 1. The van der Waals surface area contributed by atoms with Gasteiger partial charge in [-0.2, -0.15) is 0 Å². The van der Waals surface area contributed by atoms with E-state index in [1.807, 2.05) is 49.4 Å². The summed E-state index contributed by atoms with van der Waals surface area (Å²) in [6.07, 6.45) is 0. The van der Waals surface area contributed by atoms with Crippen LogP contribution in [0.3, 0.4) is 0 Å². The molecule has 1 amide bonds. The molecule has 0 N–H and O–H groups in total. The molecule has 2 heterocycles. The van der Waals surface area contributed by atoms with Crippen molar-refractivity contribution in [2.24, 2.45) is 0 Å². The molecule has 1 aliphatic rings. The number of ether oxygens (including phenoxy) is 3. The highest BCUT2D eigenvalue weighted by molar-refractivity contribution is 7.22. The molecule has 0 radical (unpaired) electrons. The number of hydrogen-bond acceptors (Lipinski definition) is 7. The molecule has 3 aromatic rings. The van der Waals surface area contributed by atoms with E-state index in [1.54, 1.807) is 12.0 Å². The van der Waals surface area contributed by atoms with Gasteiger partial charge in [0.15, 0.2) is 11.7 Å². The Labute approximate surface area is 198 Å². The Morgan fingerprint density at radius 3 is 2.75 bits per heavy atom. The zero-order valence-electron chi connectivity index (χ0n) is 18.3. The van der Waals surface area contributed by atoms with Crippen molar-refractivity contribution in [3.05, 3.63) is 48.0 Å². The summed E-state index contributed by atoms with van der Waals surface area (Å²) in [5.41, 5.74) is 1.82. The van der Waals surface area contributed by atoms with E-state index in [2.05, 4.69) is 4.90 Å². The molecule has 2 aromatic carbocycles. The fourth-order valence-electron chi connectivity index (χ4n) is 3.47. The van der Waals surface area contributed by atoms with E-state index >= 15 is 0 Å². The Balaban J connectivity index is 0.00000289. The van der Waals surface area contributed by atoms with E-state index in [0.29, 0.717) is 11.7 Å². The summed E-state index contributed by atoms with van der Waals surface area (Å²) < 4.78 is 17.6. The number of nitrogens with zero attached hydrogens (tertiary/aromatic N) is 3. The molecular weight excluding hydrogens is 450 g/mol. The minimum atomic E-state index is -0.109. The minimum Gasteiger partial charge on any atom is -0.497 e. The predicted molar refractivity (Wildman–Crippen MR) is 130 cm³/mol. The van der Waals surface area contributed by atoms with Gasteiger partial charge in [0.2, 0.25) is 0 Å². The Kier molecular flexibility index (Phi) is 8.69. The molecule has 9 heteroatoms. The van der Waals surface area contributed by atoms with Crippen molar-refractivity contribution in [2.75, 3.05) is 58.0 Å². The molecular formula is C23H28ClN3O4S. The second-order valence-corrected chi connectivity index (χ2v) is 8.39. The molecule has 1 saturated heterocycles. The summed E-state index contributed by atoms with van der Waals surface area (Å²) in [4.78, 5) is 22.0. The highest BCUT2D eigenvalue weighted by atomic mass is 35.5. The molecule has 0 spiro atoms. The van der Waals surface area contributed by atoms with Gasteiger partial charge in [-0.3, -0.25) is 14.6 Å². The van der Waals surface area contributed by atoms with E-state index in [0.717, 1.165) is 60.1 Å². The molecule has 0 atom stereocenters. The summed E-state index contributed by atoms with van der Waals surface area (Å²) in [5, 5.41) is 0.676. The SMILES string of the molecule is COc1ccc2sc(N(CCN3CCOCC3)C(=O)COc3ccccc3C)nc2c1.Cl. The Morgan fingerprint density at radius 1 is 1.22 bits per heavy atom. The first-order valence-corrected chi connectivity index (χ1v) is 11.2. The van der Waals surface area contributed by atoms with E-state index in [9.17, 15) is 4.79 Å². The molecule has 1 fully saturated rings. The van der Waals surface area contributed by atoms with Crippen molar-refractivity contribution in [1.29, 1.82) is 0 Å². The smallest absolute Gasteiger partial charge is 0.266 e. The van der Waals surface area contributed by atoms with Crippen LogP contribution in [0, 0.1) is 6.92 Å². The number of aryl methyl sites for hydroxylation is 1. The molecule has 32 heavy (non-hydrogen) atoms. The Hall–Kier alpha value is -2.39. The van der Waals surface area contributed by atoms with Crippen LogP contribution in [0.1, 0.15) is 5.56 Å². The molecule has 0 aliphatic carbocycles. The first-order valence-electron chi connectivity index (χ1n) is 10.4. The summed E-state index contributed by atoms with van der Waals surface area (Å²) in [7, 11) is 1.63. The average Bonchev–Trinajstić information content (AvgIpc) is 3.22. The van der Waals surface area contributed by atoms with Crippen LogP contribution in [0.25, 0.3) is 10.2 Å². The molecule has 0 unspecified atom stereocenters. The van der Waals surface area contributed by atoms with Crippen molar-refractivity contribution < 1.29 is 19.0 Å². The van der Waals surface area contributed by atoms with E-state index in [4.69, 9.17) is 19.2 Å². The number of carbonyl (C=O) groups is 1. The van der Waals surface area contributed by atoms with Gasteiger partial charge in [-0.15, -0.1) is 12.4 Å². The predicted octanol–water partition coefficient (Wildman–Crippen LogP) is 3.78. The topological polar surface area (TPSA) is 64.1 Å². The fraction of sp³-hybridized carbons (Fsp3) is 0.391. The minimum absolute atomic E-state index is 0. The lowest BCUT2D eigenvalue weighted by atomic mass is 10.2. The molecule has 0 bridgehead atoms. The van der Waals surface area contributed by atoms with Gasteiger partial charge in [-0.05, 0) is 30.7 Å². The number of halogens is 1. The van der Waals surface area contributed by atoms with Crippen molar-refractivity contribution >= 4 is 45.0 Å². The van der Waals surface area contributed by atoms with Crippen molar-refractivity contribution in [3.8, 4) is 11.5 Å². The summed E-state index contributed by atoms with van der Waals surface area (Å²) >= 11 is 1.50. The number of para-hydroxylation sites is 1. The Bertz CT molecular complexity index is 1040. The van der Waals surface area contributed by atoms with Gasteiger partial charge >= 0.3 is 0 Å². The van der Waals surface area contributed by atoms with Crippen molar-refractivity contribution in [1.82, 2.24) is 9.88 Å². The number of thiazole rings is 1. The quantitative estimate of drug-likeness (QED) is 0.492. The number of amides is 1. The molecule has 1 aliphatic heterocycles. The lowest BCUT2D eigenvalue weighted by Crippen LogP contribution is -2.44. The van der Waals surface area contributed by atoms with Gasteiger partial charge in [0.1, 0.15) is 11.5 Å². The Morgan fingerprint density at radius 2 is 2.00 bits per heavy atom. The van der Waals surface area contributed by atoms with Crippen LogP contribution in [0.15, 0.2) is 42.5 Å². The third-order valence-electron chi connectivity index (χ3n) is 5.30. The molecule has 7 nitrogen and oxygen atoms in total. The third-order valence-corrected chi connectivity index (χ3v) is 6.36. The second kappa shape index (κ2) is 11.5. The number of morpholine rings is 1. The van der Waals surface area contributed by atoms with Crippen LogP contribution in [-0.4, -0.2) is 68.9 Å². The van der Waals surface area contributed by atoms with Crippen LogP contribution < -0.4 is 14.4 Å². The second-order valence-electron chi connectivity index (χ2n) is 7.38. The zero-order chi connectivity index (χ0) is 21.6. The normalized spacial score (nSPS) is 14.1. The third kappa shape index (κ3) is 5.89. The lowest BCUT2D eigenvalue weighted by Gasteiger charge is -2.29. The van der Waals surface area contributed by atoms with Crippen LogP contribution in [0.2, 0.25) is 0 Å². The summed E-state index contributed by atoms with van der Waals surface area (Å²) in [5.74, 6) is 1.36. The van der Waals surface area contributed by atoms with E-state index in [-0.39, 0.29) is 24.9 Å². The van der Waals surface area contributed by atoms with Crippen molar-refractivity contribution in [2.45, 2.75) is 6.92 Å². The molecule has 172 valence electrons. The van der Waals surface area contributed by atoms with Gasteiger partial charge in [-0.1, -0.05) is 29.5 Å². The van der Waals surface area contributed by atoms with E-state index in [1.165, 1.54) is 11.3 Å². The number of anilines is 1. The van der Waals surface area contributed by atoms with Crippen LogP contribution in [0.4, 0.5) is 5.13 Å². The van der Waals surface area contributed by atoms with Gasteiger partial charge in [0, 0.05) is 32.2 Å². The first kappa shape index (κ1) is 24.3. The molecule has 1 aromatic heterocycles. The van der Waals surface area contributed by atoms with Crippen molar-refractivity contribution in [3.63, 3.8) is 0 Å². The van der Waals surface area contributed by atoms with Crippen LogP contribution in [-0.2, 0) is 9.53 Å². The number of rotatable bonds is 8. The number of hydrogen-bond donors (Lipinski definition) is 0. The van der Waals surface area contributed by atoms with Gasteiger partial charge < -0.3 is 14.2 Å². The monoisotopic (exact) mass is 477 g/mol. The van der Waals surface area contributed by atoms with Crippen LogP contribution in [0.5, 0.6) is 11.5 Å². The fourth-order valence-corrected chi connectivity index (χ4v) is 4.46.